The zero-order valence-electron chi connectivity index (χ0n) is 25.8. The Balaban J connectivity index is 1.76. The van der Waals surface area contributed by atoms with Crippen molar-refractivity contribution >= 4 is 8.32 Å². The summed E-state index contributed by atoms with van der Waals surface area (Å²) < 4.78 is 34.3. The lowest BCUT2D eigenvalue weighted by Gasteiger charge is -2.42. The number of hydrogen-bond acceptors (Lipinski definition) is 8. The third-order valence-corrected chi connectivity index (χ3v) is 14.1. The second-order valence-electron chi connectivity index (χ2n) is 11.6. The molecule has 9 heteroatoms. The van der Waals surface area contributed by atoms with E-state index in [2.05, 4.69) is 41.5 Å². The van der Waals surface area contributed by atoms with Crippen LogP contribution in [0.5, 0.6) is 0 Å². The highest BCUT2D eigenvalue weighted by molar-refractivity contribution is 6.77. The Morgan fingerprint density at radius 3 is 1.87 bits per heavy atom. The van der Waals surface area contributed by atoms with E-state index in [-0.39, 0.29) is 0 Å². The van der Waals surface area contributed by atoms with Gasteiger partial charge in [0.1, 0.15) is 5.82 Å². The van der Waals surface area contributed by atoms with Gasteiger partial charge in [-0.05, 0) is 41.4 Å². The first-order chi connectivity index (χ1) is 18.8. The van der Waals surface area contributed by atoms with E-state index in [0.717, 1.165) is 31.0 Å². The fourth-order valence-electron chi connectivity index (χ4n) is 6.15. The summed E-state index contributed by atoms with van der Waals surface area (Å²) in [6.45, 7) is 19.9. The predicted octanol–water partition coefficient (Wildman–Crippen LogP) is 6.16. The maximum absolute atomic E-state index is 6.81. The zero-order chi connectivity index (χ0) is 28.5. The van der Waals surface area contributed by atoms with Crippen molar-refractivity contribution in [2.24, 2.45) is 5.92 Å². The maximum Gasteiger partial charge on any atom is 0.200 e. The predicted molar refractivity (Wildman–Crippen MR) is 158 cm³/mol. The fraction of sp³-hybridized carbons (Fsp3) is 0.867. The van der Waals surface area contributed by atoms with Crippen molar-refractivity contribution in [3.8, 4) is 0 Å². The third kappa shape index (κ3) is 11.5. The van der Waals surface area contributed by atoms with Crippen molar-refractivity contribution in [1.29, 1.82) is 0 Å². The molecule has 226 valence electrons. The first kappa shape index (κ1) is 34.3. The van der Waals surface area contributed by atoms with Crippen LogP contribution in [-0.4, -0.2) is 84.9 Å². The monoisotopic (exact) mass is 568 g/mol. The Labute approximate surface area is 239 Å². The maximum atomic E-state index is 6.81. The van der Waals surface area contributed by atoms with E-state index in [1.807, 2.05) is 12.3 Å². The lowest BCUT2D eigenvalue weighted by Crippen LogP contribution is -2.47. The Hall–Kier alpha value is -0.943. The molecular weight excluding hydrogens is 512 g/mol. The van der Waals surface area contributed by atoms with Crippen molar-refractivity contribution in [3.05, 3.63) is 23.8 Å². The summed E-state index contributed by atoms with van der Waals surface area (Å²) in [5.74, 6) is 1.73. The molecule has 1 saturated carbocycles. The van der Waals surface area contributed by atoms with E-state index in [9.17, 15) is 0 Å². The van der Waals surface area contributed by atoms with Gasteiger partial charge in [0, 0.05) is 19.2 Å². The van der Waals surface area contributed by atoms with Crippen LogP contribution in [0.3, 0.4) is 0 Å². The summed E-state index contributed by atoms with van der Waals surface area (Å²) >= 11 is 0. The van der Waals surface area contributed by atoms with E-state index < -0.39 is 8.32 Å². The molecule has 0 bridgehead atoms. The molecule has 1 aromatic rings. The first-order valence-corrected chi connectivity index (χ1v) is 17.2. The molecule has 0 unspecified atom stereocenters. The molecule has 0 aliphatic heterocycles. The number of aromatic nitrogens is 2. The van der Waals surface area contributed by atoms with E-state index in [1.165, 1.54) is 12.8 Å². The summed E-state index contributed by atoms with van der Waals surface area (Å²) in [5.41, 5.74) is 2.67. The topological polar surface area (TPSA) is 81.2 Å². The second-order valence-corrected chi connectivity index (χ2v) is 17.0. The minimum absolute atomic E-state index is 0.335. The molecule has 0 aromatic carbocycles. The standard InChI is InChI=1S/C30H56N2O6Si/c1-24(2)39(25(3)4,26(5)6)38-23-28-12-13-31-30(32-28)29-11-9-8-10-27(29)22-37-21-20-36-19-18-35-17-16-34-15-14-33-7/h12-13,24-27,29H,8-11,14-23H2,1-7H3/t27-,29+/m1/s1. The number of nitrogens with zero attached hydrogens (tertiary/aromatic N) is 2. The van der Waals surface area contributed by atoms with Gasteiger partial charge in [-0.15, -0.1) is 0 Å². The van der Waals surface area contributed by atoms with Crippen molar-refractivity contribution in [2.75, 3.05) is 66.6 Å². The van der Waals surface area contributed by atoms with Gasteiger partial charge < -0.3 is 28.1 Å². The molecule has 1 fully saturated rings. The van der Waals surface area contributed by atoms with Gasteiger partial charge in [-0.3, -0.25) is 0 Å². The summed E-state index contributed by atoms with van der Waals surface area (Å²) in [4.78, 5) is 9.73. The van der Waals surface area contributed by atoms with Gasteiger partial charge >= 0.3 is 0 Å². The van der Waals surface area contributed by atoms with Crippen LogP contribution in [0, 0.1) is 5.92 Å². The quantitative estimate of drug-likeness (QED) is 0.129. The van der Waals surface area contributed by atoms with E-state index >= 15 is 0 Å². The largest absolute Gasteiger partial charge is 0.410 e. The van der Waals surface area contributed by atoms with Crippen LogP contribution in [0.2, 0.25) is 16.6 Å². The van der Waals surface area contributed by atoms with Crippen molar-refractivity contribution in [1.82, 2.24) is 9.97 Å². The Kier molecular flexibility index (Phi) is 16.9. The summed E-state index contributed by atoms with van der Waals surface area (Å²) in [7, 11) is -0.272. The van der Waals surface area contributed by atoms with Gasteiger partial charge in [0.25, 0.3) is 0 Å². The molecule has 1 heterocycles. The molecule has 8 nitrogen and oxygen atoms in total. The molecule has 39 heavy (non-hydrogen) atoms. The average molecular weight is 569 g/mol. The highest BCUT2D eigenvalue weighted by Gasteiger charge is 2.45. The molecule has 1 aliphatic carbocycles. The number of ether oxygens (including phenoxy) is 5. The average Bonchev–Trinajstić information content (AvgIpc) is 2.91. The number of rotatable bonds is 21. The normalized spacial score (nSPS) is 18.5. The van der Waals surface area contributed by atoms with Gasteiger partial charge in [0.2, 0.25) is 8.32 Å². The van der Waals surface area contributed by atoms with Crippen LogP contribution in [-0.2, 0) is 34.7 Å². The van der Waals surface area contributed by atoms with E-state index in [0.29, 0.717) is 87.9 Å². The van der Waals surface area contributed by atoms with Crippen LogP contribution >= 0.6 is 0 Å². The Morgan fingerprint density at radius 1 is 0.769 bits per heavy atom. The van der Waals surface area contributed by atoms with E-state index in [4.69, 9.17) is 38.1 Å². The molecular formula is C30H56N2O6Si. The lowest BCUT2D eigenvalue weighted by molar-refractivity contribution is -0.0133. The molecule has 1 aliphatic rings. The van der Waals surface area contributed by atoms with Gasteiger partial charge in [-0.25, -0.2) is 9.97 Å². The minimum atomic E-state index is -1.94. The molecule has 2 atom stereocenters. The fourth-order valence-corrected chi connectivity index (χ4v) is 11.6. The molecule has 0 amide bonds. The number of methoxy groups -OCH3 is 1. The highest BCUT2D eigenvalue weighted by Crippen LogP contribution is 2.43. The smallest absolute Gasteiger partial charge is 0.200 e. The molecule has 1 aromatic heterocycles. The van der Waals surface area contributed by atoms with Crippen LogP contribution in [0.4, 0.5) is 0 Å². The summed E-state index contributed by atoms with van der Waals surface area (Å²) in [6, 6.07) is 2.02. The third-order valence-electron chi connectivity index (χ3n) is 8.03. The van der Waals surface area contributed by atoms with Gasteiger partial charge in [-0.2, -0.15) is 0 Å². The van der Waals surface area contributed by atoms with E-state index in [1.54, 1.807) is 7.11 Å². The van der Waals surface area contributed by atoms with Crippen molar-refractivity contribution in [2.45, 2.75) is 96.4 Å². The molecule has 0 spiro atoms. The van der Waals surface area contributed by atoms with Gasteiger partial charge in [-0.1, -0.05) is 54.4 Å². The van der Waals surface area contributed by atoms with Crippen molar-refractivity contribution < 1.29 is 28.1 Å². The van der Waals surface area contributed by atoms with Crippen LogP contribution in [0.15, 0.2) is 12.3 Å². The molecule has 0 radical (unpaired) electrons. The van der Waals surface area contributed by atoms with Gasteiger partial charge in [0.05, 0.1) is 71.8 Å². The highest BCUT2D eigenvalue weighted by atomic mass is 28.4. The lowest BCUT2D eigenvalue weighted by atomic mass is 9.79. The summed E-state index contributed by atoms with van der Waals surface area (Å²) in [5, 5.41) is 0. The van der Waals surface area contributed by atoms with Gasteiger partial charge in [0.15, 0.2) is 0 Å². The number of hydrogen-bond donors (Lipinski definition) is 0. The minimum Gasteiger partial charge on any atom is -0.410 e. The SMILES string of the molecule is COCCOCCOCCOCCOC[C@H]1CCCC[C@@H]1c1nccc(CO[Si](C(C)C)(C(C)C)C(C)C)n1. The van der Waals surface area contributed by atoms with Crippen molar-refractivity contribution in [3.63, 3.8) is 0 Å². The first-order valence-electron chi connectivity index (χ1n) is 15.1. The van der Waals surface area contributed by atoms with Crippen LogP contribution in [0.1, 0.15) is 84.7 Å². The van der Waals surface area contributed by atoms with Crippen LogP contribution < -0.4 is 0 Å². The zero-order valence-corrected chi connectivity index (χ0v) is 26.8. The van der Waals surface area contributed by atoms with Crippen LogP contribution in [0.25, 0.3) is 0 Å². The molecule has 2 rings (SSSR count). The molecule has 0 N–H and O–H groups in total. The second kappa shape index (κ2) is 19.2. The molecule has 0 saturated heterocycles. The summed E-state index contributed by atoms with van der Waals surface area (Å²) in [6.07, 6.45) is 6.64. The Morgan fingerprint density at radius 2 is 1.31 bits per heavy atom. The Bertz CT molecular complexity index is 745.